The number of hydrogen-bond donors (Lipinski definition) is 0. The Morgan fingerprint density at radius 1 is 1.60 bits per heavy atom. The molecule has 0 aromatic rings. The summed E-state index contributed by atoms with van der Waals surface area (Å²) < 4.78 is 10.9. The Balaban J connectivity index is 2.54. The molecule has 0 unspecified atom stereocenters. The first-order valence-corrected chi connectivity index (χ1v) is 4.26. The Kier molecular flexibility index (Phi) is 3.73. The van der Waals surface area contributed by atoms with Gasteiger partial charge in [0.1, 0.15) is 13.0 Å². The normalized spacial score (nSPS) is 9.60. The number of alkyl halides is 1. The van der Waals surface area contributed by atoms with Crippen molar-refractivity contribution < 1.29 is 4.39 Å². The molecule has 0 amide bonds. The first kappa shape index (κ1) is 5.94. The Morgan fingerprint density at radius 3 is 1.80 bits per heavy atom. The summed E-state index contributed by atoms with van der Waals surface area (Å²) in [5.41, 5.74) is 0. The summed E-state index contributed by atoms with van der Waals surface area (Å²) in [5.74, 6) is 0. The van der Waals surface area contributed by atoms with Gasteiger partial charge in [-0.1, -0.05) is 22.5 Å². The second kappa shape index (κ2) is 3.14. The fourth-order valence-electron chi connectivity index (χ4n) is 0. The van der Waals surface area contributed by atoms with Crippen LogP contribution in [0.25, 0.3) is 0 Å². The molecule has 32 valence electrons. The summed E-state index contributed by atoms with van der Waals surface area (Å²) in [4.78, 5) is 0. The lowest BCUT2D eigenvalue weighted by molar-refractivity contribution is 0.603. The first-order chi connectivity index (χ1) is 2.27. The smallest absolute Gasteiger partial charge is 0.137 e. The van der Waals surface area contributed by atoms with Crippen LogP contribution in [0.4, 0.5) is 4.39 Å². The van der Waals surface area contributed by atoms with E-state index in [9.17, 15) is 4.39 Å². The fraction of sp³-hybridized carbons (Fsp3) is 1.00. The van der Waals surface area contributed by atoms with Crippen molar-refractivity contribution >= 4 is 29.1 Å². The van der Waals surface area contributed by atoms with E-state index in [4.69, 9.17) is 22.5 Å². The van der Waals surface area contributed by atoms with Crippen molar-refractivity contribution in [1.82, 2.24) is 0 Å². The van der Waals surface area contributed by atoms with Crippen molar-refractivity contribution in [3.8, 4) is 0 Å². The second-order valence-corrected chi connectivity index (χ2v) is 4.23. The zero-order chi connectivity index (χ0) is 4.28. The monoisotopic (exact) mass is 134 g/mol. The van der Waals surface area contributed by atoms with Crippen LogP contribution in [0.15, 0.2) is 0 Å². The van der Waals surface area contributed by atoms with Gasteiger partial charge in [-0.3, -0.25) is 0 Å². The minimum absolute atomic E-state index is 0.599. The Morgan fingerprint density at radius 2 is 1.80 bits per heavy atom. The van der Waals surface area contributed by atoms with Crippen molar-refractivity contribution in [1.29, 1.82) is 0 Å². The van der Waals surface area contributed by atoms with E-state index in [1.54, 1.807) is 0 Å². The average molecular weight is 135 g/mol. The minimum atomic E-state index is -1.32. The maximum Gasteiger partial charge on any atom is 0.137 e. The molecule has 4 heteroatoms. The van der Waals surface area contributed by atoms with E-state index in [0.29, 0.717) is 0 Å². The molecule has 0 aliphatic rings. The highest BCUT2D eigenvalue weighted by atomic mass is 35.9. The quantitative estimate of drug-likeness (QED) is 0.484. The topological polar surface area (TPSA) is 0 Å². The van der Waals surface area contributed by atoms with Crippen LogP contribution in [-0.4, -0.2) is 6.42 Å². The van der Waals surface area contributed by atoms with Gasteiger partial charge in [0, 0.05) is 0 Å². The van der Waals surface area contributed by atoms with Crippen LogP contribution in [0, 0.1) is 0 Å². The SMILES string of the molecule is FCP(Cl)Cl. The zero-order valence-corrected chi connectivity index (χ0v) is 4.69. The van der Waals surface area contributed by atoms with Gasteiger partial charge in [-0.15, -0.1) is 0 Å². The predicted octanol–water partition coefficient (Wildman–Crippen LogP) is 2.70. The van der Waals surface area contributed by atoms with Crippen LogP contribution < -0.4 is 0 Å². The molecule has 0 fully saturated rings. The van der Waals surface area contributed by atoms with E-state index in [2.05, 4.69) is 0 Å². The third kappa shape index (κ3) is 4.94. The summed E-state index contributed by atoms with van der Waals surface area (Å²) in [6.45, 7) is -1.32. The van der Waals surface area contributed by atoms with Gasteiger partial charge in [-0.25, -0.2) is 4.39 Å². The molecule has 0 nitrogen and oxygen atoms in total. The predicted molar refractivity (Wildman–Crippen MR) is 24.6 cm³/mol. The lowest BCUT2D eigenvalue weighted by atomic mass is 11.8. The van der Waals surface area contributed by atoms with Gasteiger partial charge in [0.25, 0.3) is 0 Å². The van der Waals surface area contributed by atoms with Crippen molar-refractivity contribution in [2.75, 3.05) is 6.42 Å². The van der Waals surface area contributed by atoms with Crippen molar-refractivity contribution in [3.05, 3.63) is 0 Å². The number of rotatable bonds is 1. The van der Waals surface area contributed by atoms with E-state index < -0.39 is 13.0 Å². The molecule has 0 aromatic carbocycles. The molecule has 0 aliphatic heterocycles. The molecular formula is CH2Cl2FP. The summed E-state index contributed by atoms with van der Waals surface area (Å²) in [6, 6.07) is 0. The van der Waals surface area contributed by atoms with Crippen molar-refractivity contribution in [2.45, 2.75) is 0 Å². The van der Waals surface area contributed by atoms with Gasteiger partial charge in [0.15, 0.2) is 0 Å². The Labute approximate surface area is 40.6 Å². The zero-order valence-electron chi connectivity index (χ0n) is 2.29. The molecule has 0 bridgehead atoms. The highest BCUT2D eigenvalue weighted by Gasteiger charge is 1.90. The minimum Gasteiger partial charge on any atom is -0.243 e. The lowest BCUT2D eigenvalue weighted by Crippen LogP contribution is -1.46. The maximum absolute atomic E-state index is 10.9. The maximum atomic E-state index is 10.9. The lowest BCUT2D eigenvalue weighted by Gasteiger charge is -1.81. The molecule has 0 saturated carbocycles. The molecular weight excluding hydrogens is 133 g/mol. The van der Waals surface area contributed by atoms with E-state index in [1.165, 1.54) is 0 Å². The Bertz CT molecular complexity index is 23.6. The molecule has 0 saturated heterocycles. The van der Waals surface area contributed by atoms with Crippen molar-refractivity contribution in [3.63, 3.8) is 0 Å². The van der Waals surface area contributed by atoms with Crippen molar-refractivity contribution in [2.24, 2.45) is 0 Å². The number of halogens is 3. The van der Waals surface area contributed by atoms with E-state index >= 15 is 0 Å². The standard InChI is InChI=1S/CH2Cl2FP/c2-5(3)1-4/h1H2. The molecule has 0 spiro atoms. The van der Waals surface area contributed by atoms with Crippen LogP contribution in [0.3, 0.4) is 0 Å². The molecule has 0 N–H and O–H groups in total. The van der Waals surface area contributed by atoms with Gasteiger partial charge in [0.2, 0.25) is 0 Å². The van der Waals surface area contributed by atoms with Crippen LogP contribution in [0.1, 0.15) is 0 Å². The third-order valence-corrected chi connectivity index (χ3v) is 0.813. The molecule has 5 heavy (non-hydrogen) atoms. The fourth-order valence-corrected chi connectivity index (χ4v) is 0. The van der Waals surface area contributed by atoms with E-state index in [1.807, 2.05) is 0 Å². The largest absolute Gasteiger partial charge is 0.243 e. The average Bonchev–Trinajstić information content (AvgIpc) is 1.38. The van der Waals surface area contributed by atoms with E-state index in [-0.39, 0.29) is 0 Å². The van der Waals surface area contributed by atoms with E-state index in [0.717, 1.165) is 0 Å². The number of hydrogen-bond acceptors (Lipinski definition) is 0. The molecule has 0 aromatic heterocycles. The first-order valence-electron chi connectivity index (χ1n) is 0.922. The highest BCUT2D eigenvalue weighted by molar-refractivity contribution is 8.03. The van der Waals surface area contributed by atoms with Gasteiger partial charge >= 0.3 is 0 Å². The highest BCUT2D eigenvalue weighted by Crippen LogP contribution is 2.46. The van der Waals surface area contributed by atoms with Crippen LogP contribution in [0.5, 0.6) is 0 Å². The van der Waals surface area contributed by atoms with Gasteiger partial charge in [0.05, 0.1) is 0 Å². The van der Waals surface area contributed by atoms with Gasteiger partial charge in [-0.05, 0) is 0 Å². The summed E-state index contributed by atoms with van der Waals surface area (Å²) >= 11 is 9.83. The van der Waals surface area contributed by atoms with Crippen LogP contribution in [-0.2, 0) is 0 Å². The van der Waals surface area contributed by atoms with Gasteiger partial charge in [-0.2, -0.15) is 0 Å². The van der Waals surface area contributed by atoms with Crippen LogP contribution >= 0.6 is 29.1 Å². The molecule has 0 heterocycles. The summed E-state index contributed by atoms with van der Waals surface area (Å²) in [6.07, 6.45) is -0.599. The molecule has 0 rings (SSSR count). The Hall–Kier alpha value is 0.940. The second-order valence-electron chi connectivity index (χ2n) is 0.422. The molecule has 0 aliphatic carbocycles. The summed E-state index contributed by atoms with van der Waals surface area (Å²) in [7, 11) is 0. The molecule has 0 atom stereocenters. The van der Waals surface area contributed by atoms with Gasteiger partial charge < -0.3 is 0 Å². The molecule has 0 radical (unpaired) electrons. The third-order valence-electron chi connectivity index (χ3n) is 0.0904. The van der Waals surface area contributed by atoms with Crippen LogP contribution in [0.2, 0.25) is 0 Å². The summed E-state index contributed by atoms with van der Waals surface area (Å²) in [5, 5.41) is 0.